The predicted octanol–water partition coefficient (Wildman–Crippen LogP) is 5.30. The van der Waals surface area contributed by atoms with Crippen LogP contribution in [0.15, 0.2) is 11.6 Å². The van der Waals surface area contributed by atoms with Crippen molar-refractivity contribution < 1.29 is 65.9 Å². The Bertz CT molecular complexity index is 548. The molecule has 0 unspecified atom stereocenters. The summed E-state index contributed by atoms with van der Waals surface area (Å²) in [4.78, 5) is 0. The van der Waals surface area contributed by atoms with Crippen LogP contribution in [-0.4, -0.2) is 41.7 Å². The summed E-state index contributed by atoms with van der Waals surface area (Å²) in [6.45, 7) is 0. The number of alkyl halides is 15. The minimum Gasteiger partial charge on any atom is -0.195 e. The van der Waals surface area contributed by atoms with E-state index in [1.807, 2.05) is 0 Å². The third-order valence-corrected chi connectivity index (χ3v) is 2.96. The molecule has 0 saturated heterocycles. The molecule has 1 aliphatic carbocycles. The molecule has 0 aromatic carbocycles. The summed E-state index contributed by atoms with van der Waals surface area (Å²) in [5.41, 5.74) is -4.62. The van der Waals surface area contributed by atoms with E-state index in [9.17, 15) is 65.9 Å². The molecule has 0 N–H and O–H groups in total. The Morgan fingerprint density at radius 1 is 0.583 bits per heavy atom. The van der Waals surface area contributed by atoms with Crippen LogP contribution in [0.5, 0.6) is 0 Å². The summed E-state index contributed by atoms with van der Waals surface area (Å²) in [6.07, 6.45) is -9.85. The highest BCUT2D eigenvalue weighted by Crippen LogP contribution is 2.64. The highest BCUT2D eigenvalue weighted by Gasteiger charge is 2.90. The quantitative estimate of drug-likeness (QED) is 0.418. The molecule has 142 valence electrons. The Morgan fingerprint density at radius 3 is 1.29 bits per heavy atom. The second-order valence-corrected chi connectivity index (χ2v) is 4.55. The maximum atomic E-state index is 13.2. The molecule has 0 saturated carbocycles. The van der Waals surface area contributed by atoms with E-state index in [1.165, 1.54) is 0 Å². The van der Waals surface area contributed by atoms with Crippen molar-refractivity contribution in [3.63, 3.8) is 0 Å². The highest BCUT2D eigenvalue weighted by atomic mass is 19.4. The van der Waals surface area contributed by atoms with E-state index >= 15 is 0 Å². The van der Waals surface area contributed by atoms with Gasteiger partial charge in [0.15, 0.2) is 0 Å². The van der Waals surface area contributed by atoms with Crippen LogP contribution in [0.4, 0.5) is 65.9 Å². The summed E-state index contributed by atoms with van der Waals surface area (Å²) >= 11 is 0. The molecule has 0 radical (unpaired) electrons. The molecule has 0 aromatic heterocycles. The van der Waals surface area contributed by atoms with Crippen molar-refractivity contribution in [2.45, 2.75) is 41.7 Å². The number of hydrogen-bond acceptors (Lipinski definition) is 0. The van der Waals surface area contributed by atoms with Crippen LogP contribution >= 0.6 is 0 Å². The number of hydrogen-bond donors (Lipinski definition) is 0. The van der Waals surface area contributed by atoms with Crippen molar-refractivity contribution in [2.75, 3.05) is 0 Å². The maximum Gasteiger partial charge on any atom is 0.457 e. The van der Waals surface area contributed by atoms with Crippen LogP contribution < -0.4 is 0 Å². The normalized spacial score (nSPS) is 28.0. The molecule has 0 nitrogen and oxygen atoms in total. The van der Waals surface area contributed by atoms with Gasteiger partial charge in [0.2, 0.25) is 0 Å². The lowest BCUT2D eigenvalue weighted by Crippen LogP contribution is -2.65. The smallest absolute Gasteiger partial charge is 0.195 e. The first-order valence-electron chi connectivity index (χ1n) is 5.16. The molecule has 0 aromatic rings. The summed E-state index contributed by atoms with van der Waals surface area (Å²) < 4.78 is 191. The number of allylic oxidation sites excluding steroid dienone is 2. The molecule has 1 aliphatic rings. The second kappa shape index (κ2) is 4.65. The van der Waals surface area contributed by atoms with Gasteiger partial charge in [0.25, 0.3) is 0 Å². The van der Waals surface area contributed by atoms with Crippen molar-refractivity contribution in [1.29, 1.82) is 0 Å². The first-order valence-corrected chi connectivity index (χ1v) is 5.16. The Kier molecular flexibility index (Phi) is 4.02. The van der Waals surface area contributed by atoms with Crippen molar-refractivity contribution in [2.24, 2.45) is 0 Å². The molecule has 0 aliphatic heterocycles. The van der Waals surface area contributed by atoms with Gasteiger partial charge in [0, 0.05) is 6.08 Å². The summed E-state index contributed by atoms with van der Waals surface area (Å²) in [5.74, 6) is -44.3. The fraction of sp³-hybridized carbons (Fsp3) is 0.778. The molecular weight excluding hydrogens is 393 g/mol. The van der Waals surface area contributed by atoms with Crippen LogP contribution in [-0.2, 0) is 0 Å². The summed E-state index contributed by atoms with van der Waals surface area (Å²) in [7, 11) is 0. The zero-order valence-corrected chi connectivity index (χ0v) is 10.2. The van der Waals surface area contributed by atoms with E-state index in [0.29, 0.717) is 0 Å². The molecule has 0 amide bonds. The van der Waals surface area contributed by atoms with Gasteiger partial charge in [-0.25, -0.2) is 0 Å². The molecule has 1 rings (SSSR count). The second-order valence-electron chi connectivity index (χ2n) is 4.55. The fourth-order valence-electron chi connectivity index (χ4n) is 1.58. The van der Waals surface area contributed by atoms with Gasteiger partial charge < -0.3 is 0 Å². The minimum absolute atomic E-state index is 2.60. The Labute approximate surface area is 120 Å². The van der Waals surface area contributed by atoms with Crippen molar-refractivity contribution in [3.8, 4) is 0 Å². The van der Waals surface area contributed by atoms with E-state index in [1.54, 1.807) is 0 Å². The van der Waals surface area contributed by atoms with Crippen LogP contribution in [0.3, 0.4) is 0 Å². The first-order chi connectivity index (χ1) is 10.1. The Balaban J connectivity index is 3.95. The minimum atomic E-state index is -7.70. The SMILES string of the molecule is FC(F)(F)C(F)(F)C1=CC(F)(F)C(F)(F)C(F)(F)C(F)(F)C1(F)F. The lowest BCUT2D eigenvalue weighted by molar-refractivity contribution is -0.386. The molecular formula is C9HF15. The average molecular weight is 394 g/mol. The molecule has 0 spiro atoms. The average Bonchev–Trinajstić information content (AvgIpc) is 2.33. The van der Waals surface area contributed by atoms with Crippen LogP contribution in [0, 0.1) is 0 Å². The molecule has 15 heteroatoms. The third-order valence-electron chi connectivity index (χ3n) is 2.96. The Morgan fingerprint density at radius 2 is 0.958 bits per heavy atom. The van der Waals surface area contributed by atoms with Crippen LogP contribution in [0.2, 0.25) is 0 Å². The van der Waals surface area contributed by atoms with Gasteiger partial charge in [0.1, 0.15) is 0 Å². The standard InChI is InChI=1S/C9HF15/c10-3(11)1-2(5(14,15)9(22,23)24)4(12,13)7(18,19)8(20,21)6(3,16)17/h1H. The molecule has 24 heavy (non-hydrogen) atoms. The lowest BCUT2D eigenvalue weighted by Gasteiger charge is -2.36. The topological polar surface area (TPSA) is 0 Å². The van der Waals surface area contributed by atoms with Gasteiger partial charge in [0.05, 0.1) is 5.57 Å². The monoisotopic (exact) mass is 394 g/mol. The van der Waals surface area contributed by atoms with Gasteiger partial charge in [-0.2, -0.15) is 65.9 Å². The highest BCUT2D eigenvalue weighted by molar-refractivity contribution is 5.36. The van der Waals surface area contributed by atoms with Crippen LogP contribution in [0.1, 0.15) is 0 Å². The van der Waals surface area contributed by atoms with Gasteiger partial charge in [-0.1, -0.05) is 0 Å². The molecule has 0 heterocycles. The van der Waals surface area contributed by atoms with E-state index in [2.05, 4.69) is 0 Å². The van der Waals surface area contributed by atoms with E-state index < -0.39 is 53.4 Å². The largest absolute Gasteiger partial charge is 0.457 e. The van der Waals surface area contributed by atoms with Gasteiger partial charge in [-0.3, -0.25) is 0 Å². The zero-order valence-electron chi connectivity index (χ0n) is 10.2. The van der Waals surface area contributed by atoms with E-state index in [0.717, 1.165) is 0 Å². The van der Waals surface area contributed by atoms with Gasteiger partial charge in [-0.05, 0) is 0 Å². The molecule has 0 fully saturated rings. The third kappa shape index (κ3) is 2.18. The maximum absolute atomic E-state index is 13.2. The molecule has 0 atom stereocenters. The van der Waals surface area contributed by atoms with Crippen molar-refractivity contribution >= 4 is 0 Å². The number of rotatable bonds is 1. The van der Waals surface area contributed by atoms with E-state index in [4.69, 9.17) is 0 Å². The van der Waals surface area contributed by atoms with Crippen molar-refractivity contribution in [1.82, 2.24) is 0 Å². The van der Waals surface area contributed by atoms with Crippen LogP contribution in [0.25, 0.3) is 0 Å². The molecule has 0 bridgehead atoms. The van der Waals surface area contributed by atoms with Gasteiger partial charge in [-0.15, -0.1) is 0 Å². The number of halogens is 15. The van der Waals surface area contributed by atoms with Gasteiger partial charge >= 0.3 is 41.7 Å². The predicted molar refractivity (Wildman–Crippen MR) is 43.8 cm³/mol. The summed E-state index contributed by atoms with van der Waals surface area (Å²) in [5, 5.41) is 0. The Hall–Kier alpha value is -1.31. The zero-order chi connectivity index (χ0) is 19.8. The van der Waals surface area contributed by atoms with E-state index in [-0.39, 0.29) is 0 Å². The fourth-order valence-corrected chi connectivity index (χ4v) is 1.58. The first kappa shape index (κ1) is 20.7. The lowest BCUT2D eigenvalue weighted by atomic mass is 9.93. The van der Waals surface area contributed by atoms with Crippen molar-refractivity contribution in [3.05, 3.63) is 11.6 Å². The summed E-state index contributed by atoms with van der Waals surface area (Å²) in [6, 6.07) is 0.